The van der Waals surface area contributed by atoms with Gasteiger partial charge in [-0.15, -0.1) is 11.3 Å². The average molecular weight is 569 g/mol. The lowest BCUT2D eigenvalue weighted by Gasteiger charge is -2.37. The maximum Gasteiger partial charge on any atom is 0.251 e. The zero-order valence-corrected chi connectivity index (χ0v) is 24.8. The monoisotopic (exact) mass is 568 g/mol. The number of aromatic nitrogens is 1. The van der Waals surface area contributed by atoms with Gasteiger partial charge in [-0.1, -0.05) is 20.8 Å². The molecule has 4 rings (SSSR count). The van der Waals surface area contributed by atoms with E-state index in [1.54, 1.807) is 42.7 Å². The van der Waals surface area contributed by atoms with Crippen molar-refractivity contribution in [2.24, 2.45) is 0 Å². The van der Waals surface area contributed by atoms with E-state index in [0.29, 0.717) is 23.4 Å². The van der Waals surface area contributed by atoms with Crippen LogP contribution >= 0.6 is 11.3 Å². The maximum atomic E-state index is 13.6. The van der Waals surface area contributed by atoms with Crippen LogP contribution in [-0.2, 0) is 21.2 Å². The number of carbonyl (C=O) groups excluding carboxylic acids is 1. The summed E-state index contributed by atoms with van der Waals surface area (Å²) in [7, 11) is -6.29. The molecule has 38 heavy (non-hydrogen) atoms. The van der Waals surface area contributed by atoms with Crippen molar-refractivity contribution in [1.29, 1.82) is 5.26 Å². The van der Waals surface area contributed by atoms with Gasteiger partial charge >= 0.3 is 0 Å². The van der Waals surface area contributed by atoms with Crippen LogP contribution < -0.4 is 14.5 Å². The Morgan fingerprint density at radius 2 is 1.89 bits per heavy atom. The van der Waals surface area contributed by atoms with Crippen LogP contribution in [0.1, 0.15) is 38.3 Å². The van der Waals surface area contributed by atoms with Gasteiger partial charge in [0.15, 0.2) is 0 Å². The van der Waals surface area contributed by atoms with E-state index in [2.05, 4.69) is 55.0 Å². The fraction of sp³-hybridized carbons (Fsp3) is 0.370. The minimum atomic E-state index is -4.03. The summed E-state index contributed by atoms with van der Waals surface area (Å²) < 4.78 is 36.6. The molecule has 1 fully saturated rings. The minimum Gasteiger partial charge on any atom is -0.543 e. The van der Waals surface area contributed by atoms with E-state index in [0.717, 1.165) is 21.8 Å². The number of hydrogen-bond acceptors (Lipinski definition) is 7. The van der Waals surface area contributed by atoms with E-state index in [9.17, 15) is 18.5 Å². The van der Waals surface area contributed by atoms with Gasteiger partial charge in [-0.3, -0.25) is 9.78 Å². The van der Waals surface area contributed by atoms with Gasteiger partial charge in [-0.25, -0.2) is 8.42 Å². The number of nitrogens with one attached hydrogen (secondary N) is 2. The van der Waals surface area contributed by atoms with Crippen molar-refractivity contribution >= 4 is 35.6 Å². The first-order valence-electron chi connectivity index (χ1n) is 12.3. The molecular weight excluding hydrogens is 537 g/mol. The lowest BCUT2D eigenvalue weighted by atomic mass is 9.89. The molecule has 3 heterocycles. The van der Waals surface area contributed by atoms with Crippen molar-refractivity contribution in [2.45, 2.75) is 61.5 Å². The summed E-state index contributed by atoms with van der Waals surface area (Å²) in [6.07, 6.45) is 3.63. The third-order valence-corrected chi connectivity index (χ3v) is 14.8. The summed E-state index contributed by atoms with van der Waals surface area (Å²) in [4.78, 5) is 18.0. The Morgan fingerprint density at radius 3 is 2.50 bits per heavy atom. The highest BCUT2D eigenvalue weighted by atomic mass is 32.2. The fourth-order valence-corrected chi connectivity index (χ4v) is 7.82. The second-order valence-electron chi connectivity index (χ2n) is 11.0. The van der Waals surface area contributed by atoms with Crippen LogP contribution in [0, 0.1) is 11.3 Å². The van der Waals surface area contributed by atoms with E-state index in [1.165, 1.54) is 0 Å². The highest BCUT2D eigenvalue weighted by molar-refractivity contribution is 7.91. The van der Waals surface area contributed by atoms with E-state index in [1.807, 2.05) is 12.1 Å². The Hall–Kier alpha value is -3.04. The molecule has 0 radical (unpaired) electrons. The van der Waals surface area contributed by atoms with Gasteiger partial charge in [0.05, 0.1) is 11.6 Å². The molecule has 8 nitrogen and oxygen atoms in total. The number of nitrogens with zero attached hydrogens (tertiary/aromatic N) is 2. The number of nitriles is 1. The predicted molar refractivity (Wildman–Crippen MR) is 151 cm³/mol. The lowest BCUT2D eigenvalue weighted by molar-refractivity contribution is -0.124. The topological polar surface area (TPSA) is 121 Å². The lowest BCUT2D eigenvalue weighted by Crippen LogP contribution is -2.55. The van der Waals surface area contributed by atoms with Crippen LogP contribution in [0.5, 0.6) is 5.75 Å². The van der Waals surface area contributed by atoms with Gasteiger partial charge in [-0.05, 0) is 78.1 Å². The second kappa shape index (κ2) is 10.3. The van der Waals surface area contributed by atoms with Crippen molar-refractivity contribution in [3.05, 3.63) is 66.0 Å². The smallest absolute Gasteiger partial charge is 0.251 e. The number of hydrogen-bond donors (Lipinski definition) is 2. The minimum absolute atomic E-state index is 0.0557. The van der Waals surface area contributed by atoms with Gasteiger partial charge in [-0.2, -0.15) is 9.98 Å². The van der Waals surface area contributed by atoms with Crippen molar-refractivity contribution in [2.75, 3.05) is 6.54 Å². The molecule has 1 aliphatic heterocycles. The molecule has 2 N–H and O–H groups in total. The normalized spacial score (nSPS) is 18.2. The predicted octanol–water partition coefficient (Wildman–Crippen LogP) is 4.85. The Morgan fingerprint density at radius 1 is 1.18 bits per heavy atom. The Kier molecular flexibility index (Phi) is 7.55. The Balaban J connectivity index is 1.70. The molecular formula is C27H32N4O4S2Si. The van der Waals surface area contributed by atoms with E-state index >= 15 is 0 Å². The van der Waals surface area contributed by atoms with E-state index in [4.69, 9.17) is 4.43 Å². The van der Waals surface area contributed by atoms with Crippen molar-refractivity contribution in [3.8, 4) is 22.3 Å². The van der Waals surface area contributed by atoms with Gasteiger partial charge < -0.3 is 9.74 Å². The van der Waals surface area contributed by atoms with Gasteiger partial charge in [0.2, 0.25) is 14.2 Å². The molecule has 0 bridgehead atoms. The van der Waals surface area contributed by atoms with Crippen LogP contribution in [0.15, 0.2) is 59.1 Å². The zero-order valence-electron chi connectivity index (χ0n) is 22.2. The Labute approximate surface area is 229 Å². The summed E-state index contributed by atoms with van der Waals surface area (Å²) in [5.41, 5.74) is 0.483. The molecule has 1 saturated heterocycles. The molecule has 0 unspecified atom stereocenters. The van der Waals surface area contributed by atoms with Crippen molar-refractivity contribution < 1.29 is 17.6 Å². The van der Waals surface area contributed by atoms with Gasteiger partial charge in [0, 0.05) is 30.2 Å². The first-order chi connectivity index (χ1) is 17.8. The van der Waals surface area contributed by atoms with Crippen LogP contribution in [0.2, 0.25) is 18.1 Å². The SMILES string of the molecule is CC(C)(C)[Si](C)(C)Oc1ccc(C#N)cc1C[C@]1(NS(=O)(=O)c2ccc(-c3ccncc3)s2)CCNC1=O. The molecule has 1 aliphatic rings. The molecule has 1 aromatic carbocycles. The van der Waals surface area contributed by atoms with Crippen molar-refractivity contribution in [1.82, 2.24) is 15.0 Å². The average Bonchev–Trinajstić information content (AvgIpc) is 3.48. The summed E-state index contributed by atoms with van der Waals surface area (Å²) in [6.45, 7) is 11.0. The number of thiophene rings is 1. The zero-order chi connectivity index (χ0) is 27.8. The molecule has 3 aromatic rings. The molecule has 0 aliphatic carbocycles. The fourth-order valence-electron chi connectivity index (χ4n) is 4.06. The summed E-state index contributed by atoms with van der Waals surface area (Å²) in [6, 6.07) is 14.2. The summed E-state index contributed by atoms with van der Waals surface area (Å²) >= 11 is 1.13. The van der Waals surface area contributed by atoms with Gasteiger partial charge in [0.25, 0.3) is 10.0 Å². The van der Waals surface area contributed by atoms with Crippen LogP contribution in [0.4, 0.5) is 0 Å². The second-order valence-corrected chi connectivity index (χ2v) is 18.7. The highest BCUT2D eigenvalue weighted by Crippen LogP contribution is 2.40. The third kappa shape index (κ3) is 5.68. The van der Waals surface area contributed by atoms with Crippen molar-refractivity contribution in [3.63, 3.8) is 0 Å². The largest absolute Gasteiger partial charge is 0.543 e. The number of sulfonamides is 1. The molecule has 1 atom stereocenters. The first-order valence-corrected chi connectivity index (χ1v) is 17.5. The molecule has 0 saturated carbocycles. The standard InChI is InChI=1S/C27H32N4O4S2Si/c1-26(2,3)38(4,5)35-22-7-6-19(18-28)16-21(22)17-27(12-15-30-25(27)32)31-37(33,34)24-9-8-23(36-24)20-10-13-29-14-11-20/h6-11,13-14,16,31H,12,15,17H2,1-5H3,(H,30,32)/t27-/m1/s1. The molecule has 200 valence electrons. The third-order valence-electron chi connectivity index (χ3n) is 7.27. The summed E-state index contributed by atoms with van der Waals surface area (Å²) in [5.74, 6) is 0.178. The number of rotatable bonds is 8. The summed E-state index contributed by atoms with van der Waals surface area (Å²) in [5, 5.41) is 12.3. The molecule has 0 spiro atoms. The number of benzene rings is 1. The molecule has 2 aromatic heterocycles. The Bertz CT molecular complexity index is 1490. The number of amides is 1. The van der Waals surface area contributed by atoms with Crippen LogP contribution in [0.25, 0.3) is 10.4 Å². The molecule has 1 amide bonds. The first kappa shape index (κ1) is 28.0. The van der Waals surface area contributed by atoms with E-state index in [-0.39, 0.29) is 22.1 Å². The number of pyridine rings is 1. The maximum absolute atomic E-state index is 13.6. The molecule has 11 heteroatoms. The number of carbonyl (C=O) groups is 1. The highest BCUT2D eigenvalue weighted by Gasteiger charge is 2.47. The quantitative estimate of drug-likeness (QED) is 0.375. The van der Waals surface area contributed by atoms with E-state index < -0.39 is 29.8 Å². The van der Waals surface area contributed by atoms with Crippen LogP contribution in [-0.4, -0.2) is 39.7 Å². The van der Waals surface area contributed by atoms with Crippen LogP contribution in [0.3, 0.4) is 0 Å². The van der Waals surface area contributed by atoms with Gasteiger partial charge in [0.1, 0.15) is 15.5 Å².